The van der Waals surface area contributed by atoms with Crippen LogP contribution in [0.25, 0.3) is 10.8 Å². The summed E-state index contributed by atoms with van der Waals surface area (Å²) in [7, 11) is 0. The maximum atomic E-state index is 11.9. The third kappa shape index (κ3) is 3.66. The molecule has 0 fully saturated rings. The Kier molecular flexibility index (Phi) is 5.03. The van der Waals surface area contributed by atoms with Gasteiger partial charge in [-0.2, -0.15) is 0 Å². The molecule has 156 valence electrons. The average Bonchev–Trinajstić information content (AvgIpc) is 2.70. The first-order valence-corrected chi connectivity index (χ1v) is 9.94. The number of cyclic esters (lactones) is 1. The number of fused-ring (bicyclic) bond motifs is 2. The number of nitrogens with two attached hydrogens (primary N) is 1. The molecule has 0 bridgehead atoms. The van der Waals surface area contributed by atoms with E-state index in [1.807, 2.05) is 33.8 Å². The Labute approximate surface area is 174 Å². The van der Waals surface area contributed by atoms with Crippen molar-refractivity contribution in [2.75, 3.05) is 18.5 Å². The molecule has 8 heteroatoms. The van der Waals surface area contributed by atoms with E-state index in [0.717, 1.165) is 22.0 Å². The lowest BCUT2D eigenvalue weighted by molar-refractivity contribution is 0.0445. The normalized spacial score (nSPS) is 16.2. The summed E-state index contributed by atoms with van der Waals surface area (Å²) in [6.07, 6.45) is 3.48. The third-order valence-electron chi connectivity index (χ3n) is 5.04. The smallest absolute Gasteiger partial charge is 0.340 e. The molecule has 4 rings (SSSR count). The van der Waals surface area contributed by atoms with Crippen LogP contribution in [-0.4, -0.2) is 34.1 Å². The maximum absolute atomic E-state index is 11.9. The van der Waals surface area contributed by atoms with Crippen LogP contribution in [0.15, 0.2) is 30.6 Å². The molecule has 0 radical (unpaired) electrons. The first kappa shape index (κ1) is 20.0. The highest BCUT2D eigenvalue weighted by atomic mass is 16.5. The number of carbonyl (C=O) groups is 1. The number of hydrogen-bond acceptors (Lipinski definition) is 8. The van der Waals surface area contributed by atoms with E-state index in [0.29, 0.717) is 36.3 Å². The Morgan fingerprint density at radius 3 is 2.77 bits per heavy atom. The van der Waals surface area contributed by atoms with Gasteiger partial charge in [0.25, 0.3) is 0 Å². The lowest BCUT2D eigenvalue weighted by Crippen LogP contribution is -2.29. The molecule has 1 aliphatic heterocycles. The van der Waals surface area contributed by atoms with Gasteiger partial charge in [0.05, 0.1) is 29.9 Å². The highest BCUT2D eigenvalue weighted by Gasteiger charge is 2.26. The lowest BCUT2D eigenvalue weighted by atomic mass is 9.93. The zero-order valence-corrected chi connectivity index (χ0v) is 17.5. The molecular weight excluding hydrogens is 382 g/mol. The van der Waals surface area contributed by atoms with Crippen LogP contribution in [-0.2, 0) is 10.3 Å². The fraction of sp³-hybridized carbons (Fsp3) is 0.364. The number of nitrogens with zero attached hydrogens (tertiary/aromatic N) is 3. The fourth-order valence-electron chi connectivity index (χ4n) is 3.53. The quantitative estimate of drug-likeness (QED) is 0.617. The summed E-state index contributed by atoms with van der Waals surface area (Å²) in [6, 6.07) is 5.40. The summed E-state index contributed by atoms with van der Waals surface area (Å²) >= 11 is 0. The van der Waals surface area contributed by atoms with Gasteiger partial charge >= 0.3 is 5.97 Å². The van der Waals surface area contributed by atoms with E-state index >= 15 is 0 Å². The van der Waals surface area contributed by atoms with Crippen LogP contribution in [0.4, 0.5) is 11.6 Å². The molecule has 3 aromatic rings. The molecule has 0 saturated heterocycles. The van der Waals surface area contributed by atoms with Crippen molar-refractivity contribution in [2.45, 2.75) is 39.2 Å². The molecule has 1 atom stereocenters. The maximum Gasteiger partial charge on any atom is 0.340 e. The van der Waals surface area contributed by atoms with Crippen molar-refractivity contribution in [3.8, 4) is 5.88 Å². The predicted octanol–water partition coefficient (Wildman–Crippen LogP) is 3.63. The SMILES string of the molecule is CCOc1ncc(C(C)(C)N)c2cc(Nc3ccc4c(n3)[C@H](C)COC4=O)ncc12. The van der Waals surface area contributed by atoms with Crippen molar-refractivity contribution in [1.29, 1.82) is 0 Å². The predicted molar refractivity (Wildman–Crippen MR) is 114 cm³/mol. The van der Waals surface area contributed by atoms with Gasteiger partial charge in [-0.15, -0.1) is 0 Å². The van der Waals surface area contributed by atoms with Crippen molar-refractivity contribution in [3.05, 3.63) is 47.4 Å². The second kappa shape index (κ2) is 7.53. The molecule has 30 heavy (non-hydrogen) atoms. The molecule has 8 nitrogen and oxygen atoms in total. The van der Waals surface area contributed by atoms with Crippen molar-refractivity contribution >= 4 is 28.4 Å². The number of carbonyl (C=O) groups excluding carboxylic acids is 1. The highest BCUT2D eigenvalue weighted by molar-refractivity contribution is 5.93. The first-order chi connectivity index (χ1) is 14.3. The monoisotopic (exact) mass is 407 g/mol. The average molecular weight is 407 g/mol. The number of ether oxygens (including phenoxy) is 2. The Morgan fingerprint density at radius 1 is 1.23 bits per heavy atom. The molecule has 4 heterocycles. The molecule has 0 aromatic carbocycles. The number of hydrogen-bond donors (Lipinski definition) is 2. The number of nitrogens with one attached hydrogen (secondary N) is 1. The fourth-order valence-corrected chi connectivity index (χ4v) is 3.53. The van der Waals surface area contributed by atoms with Crippen molar-refractivity contribution in [3.63, 3.8) is 0 Å². The van der Waals surface area contributed by atoms with Gasteiger partial charge in [-0.1, -0.05) is 6.92 Å². The van der Waals surface area contributed by atoms with Gasteiger partial charge in [-0.05, 0) is 49.9 Å². The summed E-state index contributed by atoms with van der Waals surface area (Å²) < 4.78 is 10.8. The van der Waals surface area contributed by atoms with Gasteiger partial charge < -0.3 is 20.5 Å². The van der Waals surface area contributed by atoms with E-state index in [2.05, 4.69) is 20.3 Å². The molecule has 0 saturated carbocycles. The Hall–Kier alpha value is -3.26. The van der Waals surface area contributed by atoms with Gasteiger partial charge in [0.2, 0.25) is 5.88 Å². The van der Waals surface area contributed by atoms with Gasteiger partial charge in [0.1, 0.15) is 11.6 Å². The third-order valence-corrected chi connectivity index (χ3v) is 5.04. The van der Waals surface area contributed by atoms with E-state index in [1.165, 1.54) is 0 Å². The summed E-state index contributed by atoms with van der Waals surface area (Å²) in [5.74, 6) is 1.44. The van der Waals surface area contributed by atoms with Crippen molar-refractivity contribution in [2.24, 2.45) is 5.73 Å². The molecule has 3 N–H and O–H groups in total. The lowest BCUT2D eigenvalue weighted by Gasteiger charge is -2.22. The molecule has 0 unspecified atom stereocenters. The zero-order valence-electron chi connectivity index (χ0n) is 17.5. The number of rotatable bonds is 5. The molecule has 0 aliphatic carbocycles. The van der Waals surface area contributed by atoms with Gasteiger partial charge in [-0.25, -0.2) is 19.7 Å². The summed E-state index contributed by atoms with van der Waals surface area (Å²) in [5.41, 5.74) is 7.91. The first-order valence-electron chi connectivity index (χ1n) is 9.94. The molecule has 0 spiro atoms. The van der Waals surface area contributed by atoms with E-state index in [9.17, 15) is 4.79 Å². The van der Waals surface area contributed by atoms with Crippen LogP contribution < -0.4 is 15.8 Å². The Balaban J connectivity index is 1.75. The van der Waals surface area contributed by atoms with Crippen LogP contribution in [0.3, 0.4) is 0 Å². The van der Waals surface area contributed by atoms with Gasteiger partial charge in [-0.3, -0.25) is 0 Å². The largest absolute Gasteiger partial charge is 0.477 e. The molecule has 1 aliphatic rings. The summed E-state index contributed by atoms with van der Waals surface area (Å²) in [5, 5.41) is 4.95. The van der Waals surface area contributed by atoms with Crippen LogP contribution in [0, 0.1) is 0 Å². The second-order valence-corrected chi connectivity index (χ2v) is 8.00. The standard InChI is InChI=1S/C22H25N5O3/c1-5-29-20-15-9-24-18(8-14(15)16(10-25-20)22(3,4)23)26-17-7-6-13-19(27-17)12(2)11-30-21(13)28/h6-10,12H,5,11,23H2,1-4H3,(H,24,26,27)/t12-/m1/s1. The molecule has 0 amide bonds. The minimum Gasteiger partial charge on any atom is -0.477 e. The van der Waals surface area contributed by atoms with Crippen LogP contribution in [0.2, 0.25) is 0 Å². The van der Waals surface area contributed by atoms with Gasteiger partial charge in [0, 0.05) is 23.9 Å². The van der Waals surface area contributed by atoms with Crippen LogP contribution in [0.5, 0.6) is 5.88 Å². The highest BCUT2D eigenvalue weighted by Crippen LogP contribution is 2.33. The van der Waals surface area contributed by atoms with E-state index < -0.39 is 5.54 Å². The minimum absolute atomic E-state index is 0.0356. The van der Waals surface area contributed by atoms with E-state index in [4.69, 9.17) is 15.2 Å². The topological polar surface area (TPSA) is 112 Å². The van der Waals surface area contributed by atoms with Crippen LogP contribution >= 0.6 is 0 Å². The summed E-state index contributed by atoms with van der Waals surface area (Å²) in [4.78, 5) is 25.5. The molecular formula is C22H25N5O3. The number of aromatic nitrogens is 3. The number of anilines is 2. The van der Waals surface area contributed by atoms with E-state index in [1.54, 1.807) is 24.5 Å². The van der Waals surface area contributed by atoms with Gasteiger partial charge in [0.15, 0.2) is 0 Å². The summed E-state index contributed by atoms with van der Waals surface area (Å²) in [6.45, 7) is 8.60. The van der Waals surface area contributed by atoms with Crippen molar-refractivity contribution < 1.29 is 14.3 Å². The Morgan fingerprint density at radius 2 is 2.03 bits per heavy atom. The zero-order chi connectivity index (χ0) is 21.5. The van der Waals surface area contributed by atoms with E-state index in [-0.39, 0.29) is 11.9 Å². The number of pyridine rings is 3. The van der Waals surface area contributed by atoms with Crippen LogP contribution in [0.1, 0.15) is 55.2 Å². The Bertz CT molecular complexity index is 1120. The number of esters is 1. The van der Waals surface area contributed by atoms with Crippen molar-refractivity contribution in [1.82, 2.24) is 15.0 Å². The molecule has 3 aromatic heterocycles. The second-order valence-electron chi connectivity index (χ2n) is 8.00. The minimum atomic E-state index is -0.589.